The predicted molar refractivity (Wildman–Crippen MR) is 104 cm³/mol. The first-order chi connectivity index (χ1) is 12.6. The van der Waals surface area contributed by atoms with Crippen molar-refractivity contribution in [3.8, 4) is 0 Å². The summed E-state index contributed by atoms with van der Waals surface area (Å²) < 4.78 is 6.49. The summed E-state index contributed by atoms with van der Waals surface area (Å²) in [7, 11) is 0. The lowest BCUT2D eigenvalue weighted by Crippen LogP contribution is -2.32. The molecule has 2 aromatic carbocycles. The van der Waals surface area contributed by atoms with Crippen LogP contribution in [0.2, 0.25) is 0 Å². The largest absolute Gasteiger partial charge is 0.376 e. The molecule has 0 bridgehead atoms. The molecule has 0 spiro atoms. The van der Waals surface area contributed by atoms with Crippen molar-refractivity contribution >= 4 is 33.4 Å². The van der Waals surface area contributed by atoms with Crippen molar-refractivity contribution in [2.24, 2.45) is 0 Å². The highest BCUT2D eigenvalue weighted by Crippen LogP contribution is 2.17. The number of nitrogens with one attached hydrogen (secondary N) is 2. The number of carbonyl (C=O) groups excluding carboxylic acids is 2. The van der Waals surface area contributed by atoms with E-state index in [2.05, 4.69) is 26.6 Å². The molecule has 1 atom stereocenters. The van der Waals surface area contributed by atoms with E-state index in [4.69, 9.17) is 4.74 Å². The first kappa shape index (κ1) is 18.6. The van der Waals surface area contributed by atoms with E-state index in [0.29, 0.717) is 17.8 Å². The van der Waals surface area contributed by atoms with Gasteiger partial charge in [-0.3, -0.25) is 9.59 Å². The van der Waals surface area contributed by atoms with Crippen LogP contribution >= 0.6 is 15.9 Å². The van der Waals surface area contributed by atoms with Gasteiger partial charge in [-0.05, 0) is 42.7 Å². The van der Waals surface area contributed by atoms with Crippen molar-refractivity contribution in [3.05, 3.63) is 64.1 Å². The molecule has 5 nitrogen and oxygen atoms in total. The molecule has 0 unspecified atom stereocenters. The Bertz CT molecular complexity index is 771. The molecule has 1 heterocycles. The SMILES string of the molecule is O=C(Cc1ccc(Br)cc1)Nc1ccccc1C(=O)NC[C@H]1CCCO1. The number of carbonyl (C=O) groups is 2. The molecule has 1 fully saturated rings. The summed E-state index contributed by atoms with van der Waals surface area (Å²) >= 11 is 3.38. The zero-order valence-electron chi connectivity index (χ0n) is 14.3. The Balaban J connectivity index is 1.61. The van der Waals surface area contributed by atoms with E-state index in [1.165, 1.54) is 0 Å². The second kappa shape index (κ2) is 8.96. The smallest absolute Gasteiger partial charge is 0.253 e. The number of hydrogen-bond donors (Lipinski definition) is 2. The summed E-state index contributed by atoms with van der Waals surface area (Å²) in [5, 5.41) is 5.73. The summed E-state index contributed by atoms with van der Waals surface area (Å²) in [5.74, 6) is -0.369. The van der Waals surface area contributed by atoms with Gasteiger partial charge in [0.1, 0.15) is 0 Å². The minimum absolute atomic E-state index is 0.0816. The van der Waals surface area contributed by atoms with Gasteiger partial charge in [0.15, 0.2) is 0 Å². The molecular weight excluding hydrogens is 396 g/mol. The first-order valence-corrected chi connectivity index (χ1v) is 9.44. The summed E-state index contributed by atoms with van der Waals surface area (Å²) in [6.45, 7) is 1.24. The molecule has 0 aromatic heterocycles. The van der Waals surface area contributed by atoms with Gasteiger partial charge in [-0.1, -0.05) is 40.2 Å². The Labute approximate surface area is 161 Å². The van der Waals surface area contributed by atoms with Gasteiger partial charge < -0.3 is 15.4 Å². The maximum absolute atomic E-state index is 12.5. The number of ether oxygens (including phenoxy) is 1. The Morgan fingerprint density at radius 3 is 2.62 bits per heavy atom. The molecular formula is C20H21BrN2O3. The molecule has 3 rings (SSSR count). The second-order valence-corrected chi connectivity index (χ2v) is 7.16. The second-order valence-electron chi connectivity index (χ2n) is 6.24. The molecule has 1 aliphatic rings. The third-order valence-corrected chi connectivity index (χ3v) is 4.77. The first-order valence-electron chi connectivity index (χ1n) is 8.65. The lowest BCUT2D eigenvalue weighted by Gasteiger charge is -2.14. The van der Waals surface area contributed by atoms with Crippen LogP contribution in [0.25, 0.3) is 0 Å². The van der Waals surface area contributed by atoms with Crippen molar-refractivity contribution in [2.75, 3.05) is 18.5 Å². The molecule has 2 N–H and O–H groups in total. The van der Waals surface area contributed by atoms with Crippen molar-refractivity contribution in [3.63, 3.8) is 0 Å². The Hall–Kier alpha value is -2.18. The molecule has 1 aliphatic heterocycles. The fourth-order valence-electron chi connectivity index (χ4n) is 2.88. The van der Waals surface area contributed by atoms with Crippen molar-refractivity contribution in [1.82, 2.24) is 5.32 Å². The normalized spacial score (nSPS) is 16.3. The number of amides is 2. The van der Waals surface area contributed by atoms with E-state index in [-0.39, 0.29) is 24.3 Å². The topological polar surface area (TPSA) is 67.4 Å². The highest BCUT2D eigenvalue weighted by molar-refractivity contribution is 9.10. The molecule has 1 saturated heterocycles. The van der Waals surface area contributed by atoms with Gasteiger partial charge in [0.25, 0.3) is 5.91 Å². The van der Waals surface area contributed by atoms with E-state index in [1.54, 1.807) is 24.3 Å². The van der Waals surface area contributed by atoms with Crippen LogP contribution in [-0.2, 0) is 16.0 Å². The van der Waals surface area contributed by atoms with Crippen molar-refractivity contribution < 1.29 is 14.3 Å². The van der Waals surface area contributed by atoms with Crippen molar-refractivity contribution in [2.45, 2.75) is 25.4 Å². The maximum Gasteiger partial charge on any atom is 0.253 e. The number of anilines is 1. The summed E-state index contributed by atoms with van der Waals surface area (Å²) in [4.78, 5) is 24.8. The number of rotatable bonds is 6. The number of hydrogen-bond acceptors (Lipinski definition) is 3. The van der Waals surface area contributed by atoms with Gasteiger partial charge in [0, 0.05) is 17.6 Å². The average molecular weight is 417 g/mol. The number of benzene rings is 2. The lowest BCUT2D eigenvalue weighted by atomic mass is 10.1. The van der Waals surface area contributed by atoms with Gasteiger partial charge in [-0.25, -0.2) is 0 Å². The summed E-state index contributed by atoms with van der Waals surface area (Å²) in [5.41, 5.74) is 1.88. The summed E-state index contributed by atoms with van der Waals surface area (Å²) in [6.07, 6.45) is 2.33. The average Bonchev–Trinajstić information content (AvgIpc) is 3.16. The minimum Gasteiger partial charge on any atom is -0.376 e. The minimum atomic E-state index is -0.208. The van der Waals surface area contributed by atoms with Crippen LogP contribution < -0.4 is 10.6 Å². The van der Waals surface area contributed by atoms with Crippen LogP contribution in [0.5, 0.6) is 0 Å². The highest BCUT2D eigenvalue weighted by Gasteiger charge is 2.18. The Morgan fingerprint density at radius 1 is 1.12 bits per heavy atom. The van der Waals surface area contributed by atoms with Gasteiger partial charge >= 0.3 is 0 Å². The predicted octanol–water partition coefficient (Wildman–Crippen LogP) is 3.54. The van der Waals surface area contributed by atoms with E-state index in [0.717, 1.165) is 29.5 Å². The van der Waals surface area contributed by atoms with Crippen LogP contribution in [-0.4, -0.2) is 31.1 Å². The third kappa shape index (κ3) is 5.16. The maximum atomic E-state index is 12.5. The zero-order chi connectivity index (χ0) is 18.4. The van der Waals surface area contributed by atoms with E-state index < -0.39 is 0 Å². The Kier molecular flexibility index (Phi) is 6.41. The lowest BCUT2D eigenvalue weighted by molar-refractivity contribution is -0.115. The summed E-state index contributed by atoms with van der Waals surface area (Å²) in [6, 6.07) is 14.6. The molecule has 2 amide bonds. The van der Waals surface area contributed by atoms with E-state index in [1.807, 2.05) is 24.3 Å². The molecule has 6 heteroatoms. The quantitative estimate of drug-likeness (QED) is 0.756. The monoisotopic (exact) mass is 416 g/mol. The fourth-order valence-corrected chi connectivity index (χ4v) is 3.14. The molecule has 136 valence electrons. The fraction of sp³-hybridized carbons (Fsp3) is 0.300. The van der Waals surface area contributed by atoms with Crippen LogP contribution in [0.15, 0.2) is 53.0 Å². The number of para-hydroxylation sites is 1. The van der Waals surface area contributed by atoms with Gasteiger partial charge in [0.2, 0.25) is 5.91 Å². The third-order valence-electron chi connectivity index (χ3n) is 4.24. The van der Waals surface area contributed by atoms with E-state index in [9.17, 15) is 9.59 Å². The van der Waals surface area contributed by atoms with Gasteiger partial charge in [-0.15, -0.1) is 0 Å². The molecule has 0 radical (unpaired) electrons. The van der Waals surface area contributed by atoms with Crippen LogP contribution in [0.4, 0.5) is 5.69 Å². The molecule has 26 heavy (non-hydrogen) atoms. The molecule has 2 aromatic rings. The van der Waals surface area contributed by atoms with Gasteiger partial charge in [-0.2, -0.15) is 0 Å². The highest BCUT2D eigenvalue weighted by atomic mass is 79.9. The molecule has 0 aliphatic carbocycles. The zero-order valence-corrected chi connectivity index (χ0v) is 15.9. The van der Waals surface area contributed by atoms with Crippen LogP contribution in [0.1, 0.15) is 28.8 Å². The molecule has 0 saturated carbocycles. The van der Waals surface area contributed by atoms with Crippen molar-refractivity contribution in [1.29, 1.82) is 0 Å². The van der Waals surface area contributed by atoms with E-state index >= 15 is 0 Å². The standard InChI is InChI=1S/C20H21BrN2O3/c21-15-9-7-14(8-10-15)12-19(24)23-18-6-2-1-5-17(18)20(25)22-13-16-4-3-11-26-16/h1-2,5-10,16H,3-4,11-13H2,(H,22,25)(H,23,24)/t16-/m1/s1. The Morgan fingerprint density at radius 2 is 1.88 bits per heavy atom. The van der Waals surface area contributed by atoms with Crippen LogP contribution in [0.3, 0.4) is 0 Å². The number of halogens is 1. The van der Waals surface area contributed by atoms with Crippen LogP contribution in [0, 0.1) is 0 Å². The van der Waals surface area contributed by atoms with Gasteiger partial charge in [0.05, 0.1) is 23.8 Å².